The maximum absolute atomic E-state index is 11.8. The second-order valence-electron chi connectivity index (χ2n) is 4.73. The molecule has 104 valence electrons. The van der Waals surface area contributed by atoms with Crippen molar-refractivity contribution in [1.82, 2.24) is 0 Å². The highest BCUT2D eigenvalue weighted by atomic mass is 16.5. The van der Waals surface area contributed by atoms with E-state index >= 15 is 0 Å². The number of ether oxygens (including phenoxy) is 2. The molecule has 1 heterocycles. The number of rotatable bonds is 5. The van der Waals surface area contributed by atoms with Gasteiger partial charge < -0.3 is 14.8 Å². The molecule has 0 bridgehead atoms. The van der Waals surface area contributed by atoms with E-state index in [1.807, 2.05) is 25.1 Å². The van der Waals surface area contributed by atoms with Gasteiger partial charge in [0.25, 0.3) is 0 Å². The summed E-state index contributed by atoms with van der Waals surface area (Å²) in [5.41, 5.74) is 1.44. The number of hydrogen-bond donors (Lipinski definition) is 1. The van der Waals surface area contributed by atoms with Crippen molar-refractivity contribution in [3.05, 3.63) is 29.8 Å². The summed E-state index contributed by atoms with van der Waals surface area (Å²) in [6.45, 7) is 4.71. The Morgan fingerprint density at radius 1 is 1.47 bits per heavy atom. The Labute approximate surface area is 114 Å². The molecular weight excluding hydrogens is 242 g/mol. The van der Waals surface area contributed by atoms with Crippen molar-refractivity contribution in [3.63, 3.8) is 0 Å². The number of benzene rings is 1. The van der Waals surface area contributed by atoms with Crippen LogP contribution in [0.4, 0.5) is 5.69 Å². The van der Waals surface area contributed by atoms with Gasteiger partial charge in [-0.2, -0.15) is 0 Å². The summed E-state index contributed by atoms with van der Waals surface area (Å²) in [4.78, 5) is 11.8. The summed E-state index contributed by atoms with van der Waals surface area (Å²) in [6, 6.07) is 7.47. The van der Waals surface area contributed by atoms with Crippen molar-refractivity contribution in [2.45, 2.75) is 19.8 Å². The van der Waals surface area contributed by atoms with E-state index < -0.39 is 0 Å². The third kappa shape index (κ3) is 3.96. The van der Waals surface area contributed by atoms with Crippen LogP contribution in [0.3, 0.4) is 0 Å². The standard InChI is InChI=1S/C15H21NO3/c1-2-19-15(17)13-7-3-4-8-14(13)16-10-12-6-5-9-18-11-12/h3-4,7-8,12,16H,2,5-6,9-11H2,1H3. The zero-order valence-corrected chi connectivity index (χ0v) is 11.4. The van der Waals surface area contributed by atoms with Crippen molar-refractivity contribution in [2.24, 2.45) is 5.92 Å². The van der Waals surface area contributed by atoms with Crippen molar-refractivity contribution in [2.75, 3.05) is 31.7 Å². The number of carbonyl (C=O) groups excluding carboxylic acids is 1. The first kappa shape index (κ1) is 13.9. The maximum atomic E-state index is 11.8. The SMILES string of the molecule is CCOC(=O)c1ccccc1NCC1CCCOC1. The van der Waals surface area contributed by atoms with E-state index in [1.165, 1.54) is 6.42 Å². The lowest BCUT2D eigenvalue weighted by Gasteiger charge is -2.23. The highest BCUT2D eigenvalue weighted by Crippen LogP contribution is 2.19. The van der Waals surface area contributed by atoms with Crippen LogP contribution in [0.5, 0.6) is 0 Å². The summed E-state index contributed by atoms with van der Waals surface area (Å²) < 4.78 is 10.5. The predicted molar refractivity (Wildman–Crippen MR) is 74.4 cm³/mol. The lowest BCUT2D eigenvalue weighted by Crippen LogP contribution is -2.25. The number of para-hydroxylation sites is 1. The minimum Gasteiger partial charge on any atom is -0.462 e. The highest BCUT2D eigenvalue weighted by Gasteiger charge is 2.16. The Morgan fingerprint density at radius 2 is 2.32 bits per heavy atom. The molecule has 1 aliphatic heterocycles. The van der Waals surface area contributed by atoms with E-state index in [-0.39, 0.29) is 5.97 Å². The molecule has 1 fully saturated rings. The molecule has 0 saturated carbocycles. The molecule has 0 amide bonds. The Hall–Kier alpha value is -1.55. The van der Waals surface area contributed by atoms with Crippen LogP contribution in [0.25, 0.3) is 0 Å². The normalized spacial score (nSPS) is 18.9. The number of anilines is 1. The first-order valence-electron chi connectivity index (χ1n) is 6.89. The van der Waals surface area contributed by atoms with Gasteiger partial charge in [0.2, 0.25) is 0 Å². The second kappa shape index (κ2) is 7.14. The van der Waals surface area contributed by atoms with Crippen LogP contribution in [0, 0.1) is 5.92 Å². The molecule has 1 aliphatic rings. The molecular formula is C15H21NO3. The van der Waals surface area contributed by atoms with Crippen LogP contribution in [0.1, 0.15) is 30.1 Å². The fraction of sp³-hybridized carbons (Fsp3) is 0.533. The Balaban J connectivity index is 1.97. The van der Waals surface area contributed by atoms with Gasteiger partial charge in [0.05, 0.1) is 18.8 Å². The molecule has 1 saturated heterocycles. The molecule has 0 aliphatic carbocycles. The summed E-state index contributed by atoms with van der Waals surface area (Å²) in [5.74, 6) is 0.245. The van der Waals surface area contributed by atoms with Crippen molar-refractivity contribution < 1.29 is 14.3 Å². The minimum atomic E-state index is -0.273. The molecule has 1 aromatic carbocycles. The van der Waals surface area contributed by atoms with E-state index in [0.717, 1.165) is 31.9 Å². The fourth-order valence-corrected chi connectivity index (χ4v) is 2.25. The number of esters is 1. The van der Waals surface area contributed by atoms with Crippen LogP contribution in [-0.2, 0) is 9.47 Å². The summed E-state index contributed by atoms with van der Waals surface area (Å²) in [5, 5.41) is 3.34. The lowest BCUT2D eigenvalue weighted by molar-refractivity contribution is 0.0527. The molecule has 1 atom stereocenters. The number of nitrogens with one attached hydrogen (secondary N) is 1. The van der Waals surface area contributed by atoms with Gasteiger partial charge in [0.1, 0.15) is 0 Å². The molecule has 0 spiro atoms. The molecule has 1 aromatic rings. The van der Waals surface area contributed by atoms with Gasteiger partial charge in [-0.15, -0.1) is 0 Å². The van der Waals surface area contributed by atoms with Crippen LogP contribution >= 0.6 is 0 Å². The molecule has 0 radical (unpaired) electrons. The van der Waals surface area contributed by atoms with Crippen LogP contribution in [0.2, 0.25) is 0 Å². The lowest BCUT2D eigenvalue weighted by atomic mass is 10.0. The molecule has 4 heteroatoms. The van der Waals surface area contributed by atoms with E-state index in [1.54, 1.807) is 6.07 Å². The average molecular weight is 263 g/mol. The van der Waals surface area contributed by atoms with Crippen molar-refractivity contribution >= 4 is 11.7 Å². The molecule has 1 N–H and O–H groups in total. The van der Waals surface area contributed by atoms with Crippen LogP contribution in [-0.4, -0.2) is 32.3 Å². The summed E-state index contributed by atoms with van der Waals surface area (Å²) in [7, 11) is 0. The largest absolute Gasteiger partial charge is 0.462 e. The topological polar surface area (TPSA) is 47.6 Å². The van der Waals surface area contributed by atoms with Gasteiger partial charge in [0.15, 0.2) is 0 Å². The van der Waals surface area contributed by atoms with E-state index in [4.69, 9.17) is 9.47 Å². The second-order valence-corrected chi connectivity index (χ2v) is 4.73. The van der Waals surface area contributed by atoms with Crippen LogP contribution in [0.15, 0.2) is 24.3 Å². The van der Waals surface area contributed by atoms with Gasteiger partial charge in [-0.05, 0) is 37.8 Å². The third-order valence-electron chi connectivity index (χ3n) is 3.26. The van der Waals surface area contributed by atoms with Gasteiger partial charge in [0, 0.05) is 18.8 Å². The summed E-state index contributed by atoms with van der Waals surface area (Å²) >= 11 is 0. The first-order chi connectivity index (χ1) is 9.31. The smallest absolute Gasteiger partial charge is 0.340 e. The van der Waals surface area contributed by atoms with Gasteiger partial charge in [-0.1, -0.05) is 12.1 Å². The average Bonchev–Trinajstić information content (AvgIpc) is 2.47. The number of carbonyl (C=O) groups is 1. The first-order valence-corrected chi connectivity index (χ1v) is 6.89. The van der Waals surface area contributed by atoms with Gasteiger partial charge in [-0.3, -0.25) is 0 Å². The van der Waals surface area contributed by atoms with Gasteiger partial charge >= 0.3 is 5.97 Å². The monoisotopic (exact) mass is 263 g/mol. The third-order valence-corrected chi connectivity index (χ3v) is 3.26. The van der Waals surface area contributed by atoms with Crippen molar-refractivity contribution in [1.29, 1.82) is 0 Å². The minimum absolute atomic E-state index is 0.273. The van der Waals surface area contributed by atoms with Gasteiger partial charge in [-0.25, -0.2) is 4.79 Å². The zero-order chi connectivity index (χ0) is 13.5. The summed E-state index contributed by atoms with van der Waals surface area (Å²) in [6.07, 6.45) is 2.29. The van der Waals surface area contributed by atoms with E-state index in [2.05, 4.69) is 5.32 Å². The maximum Gasteiger partial charge on any atom is 0.340 e. The quantitative estimate of drug-likeness (QED) is 0.830. The zero-order valence-electron chi connectivity index (χ0n) is 11.4. The Bertz CT molecular complexity index is 414. The predicted octanol–water partition coefficient (Wildman–Crippen LogP) is 2.70. The Kier molecular flexibility index (Phi) is 5.21. The molecule has 0 aromatic heterocycles. The Morgan fingerprint density at radius 3 is 3.05 bits per heavy atom. The van der Waals surface area contributed by atoms with E-state index in [0.29, 0.717) is 18.1 Å². The van der Waals surface area contributed by atoms with E-state index in [9.17, 15) is 4.79 Å². The molecule has 4 nitrogen and oxygen atoms in total. The molecule has 1 unspecified atom stereocenters. The molecule has 19 heavy (non-hydrogen) atoms. The fourth-order valence-electron chi connectivity index (χ4n) is 2.25. The number of hydrogen-bond acceptors (Lipinski definition) is 4. The molecule has 2 rings (SSSR count). The van der Waals surface area contributed by atoms with Crippen molar-refractivity contribution in [3.8, 4) is 0 Å². The highest BCUT2D eigenvalue weighted by molar-refractivity contribution is 5.95. The van der Waals surface area contributed by atoms with Crippen LogP contribution < -0.4 is 5.32 Å².